The van der Waals surface area contributed by atoms with Crippen LogP contribution in [0, 0.1) is 0 Å². The number of unbranched alkanes of at least 4 members (excludes halogenated alkanes) is 1. The van der Waals surface area contributed by atoms with E-state index >= 15 is 0 Å². The molecule has 5 heteroatoms. The van der Waals surface area contributed by atoms with Crippen molar-refractivity contribution in [2.45, 2.75) is 38.6 Å². The Hall–Kier alpha value is -3.31. The fourth-order valence-electron chi connectivity index (χ4n) is 4.11. The number of ether oxygens (including phenoxy) is 2. The van der Waals surface area contributed by atoms with Crippen molar-refractivity contribution >= 4 is 11.7 Å². The molecule has 0 unspecified atom stereocenters. The van der Waals surface area contributed by atoms with Gasteiger partial charge in [0.2, 0.25) is 0 Å². The van der Waals surface area contributed by atoms with E-state index in [1.165, 1.54) is 0 Å². The Morgan fingerprint density at radius 3 is 2.16 bits per heavy atom. The summed E-state index contributed by atoms with van der Waals surface area (Å²) in [5, 5.41) is 0. The summed E-state index contributed by atoms with van der Waals surface area (Å²) in [5.74, 6) is 0.758. The van der Waals surface area contributed by atoms with Gasteiger partial charge in [0.05, 0.1) is 13.7 Å². The second kappa shape index (κ2) is 10.3. The van der Waals surface area contributed by atoms with Crippen LogP contribution in [0.4, 0.5) is 10.5 Å². The molecule has 2 amide bonds. The van der Waals surface area contributed by atoms with Crippen LogP contribution >= 0.6 is 0 Å². The average Bonchev–Trinajstić information content (AvgIpc) is 3.12. The summed E-state index contributed by atoms with van der Waals surface area (Å²) in [4.78, 5) is 17.5. The Bertz CT molecular complexity index is 992. The number of urea groups is 1. The van der Waals surface area contributed by atoms with Gasteiger partial charge < -0.3 is 9.47 Å². The lowest BCUT2D eigenvalue weighted by molar-refractivity contribution is -0.0365. The van der Waals surface area contributed by atoms with Gasteiger partial charge in [0.25, 0.3) is 0 Å². The van der Waals surface area contributed by atoms with Gasteiger partial charge >= 0.3 is 6.03 Å². The molecule has 1 saturated heterocycles. The van der Waals surface area contributed by atoms with Crippen LogP contribution < -0.4 is 9.64 Å². The van der Waals surface area contributed by atoms with Crippen molar-refractivity contribution in [1.82, 2.24) is 4.90 Å². The summed E-state index contributed by atoms with van der Waals surface area (Å²) in [7, 11) is 1.64. The number of benzene rings is 3. The predicted octanol–water partition coefficient (Wildman–Crippen LogP) is 6.02. The molecule has 1 heterocycles. The minimum absolute atomic E-state index is 0.0608. The van der Waals surface area contributed by atoms with Gasteiger partial charge in [-0.05, 0) is 41.8 Å². The SMILES string of the molecule is CCCCO[C@@H]1[C@@H](c2ccccc2)N(c2ccc(OC)cc2)C(=O)N1Cc1ccccc1. The summed E-state index contributed by atoms with van der Waals surface area (Å²) in [6, 6.07) is 27.5. The highest BCUT2D eigenvalue weighted by atomic mass is 16.5. The van der Waals surface area contributed by atoms with E-state index in [-0.39, 0.29) is 12.1 Å². The summed E-state index contributed by atoms with van der Waals surface area (Å²) in [6.45, 7) is 3.25. The third kappa shape index (κ3) is 4.63. The van der Waals surface area contributed by atoms with Gasteiger partial charge in [-0.1, -0.05) is 74.0 Å². The van der Waals surface area contributed by atoms with Gasteiger partial charge in [0.15, 0.2) is 6.23 Å². The van der Waals surface area contributed by atoms with E-state index in [0.717, 1.165) is 35.4 Å². The maximum absolute atomic E-state index is 13.8. The standard InChI is InChI=1S/C27H30N2O3/c1-3-4-19-32-26-25(22-13-9-6-10-14-22)29(23-15-17-24(31-2)18-16-23)27(30)28(26)20-21-11-7-5-8-12-21/h5-18,25-26H,3-4,19-20H2,1-2H3/t25-,26-/m1/s1. The van der Waals surface area contributed by atoms with E-state index in [2.05, 4.69) is 19.1 Å². The van der Waals surface area contributed by atoms with Crippen LogP contribution in [-0.2, 0) is 11.3 Å². The fraction of sp³-hybridized carbons (Fsp3) is 0.296. The van der Waals surface area contributed by atoms with E-state index in [1.54, 1.807) is 7.11 Å². The second-order valence-electron chi connectivity index (χ2n) is 7.93. The Morgan fingerprint density at radius 1 is 0.875 bits per heavy atom. The minimum atomic E-state index is -0.390. The Morgan fingerprint density at radius 2 is 1.53 bits per heavy atom. The predicted molar refractivity (Wildman–Crippen MR) is 127 cm³/mol. The smallest absolute Gasteiger partial charge is 0.327 e. The highest BCUT2D eigenvalue weighted by molar-refractivity contribution is 5.95. The number of methoxy groups -OCH3 is 1. The van der Waals surface area contributed by atoms with Crippen molar-refractivity contribution < 1.29 is 14.3 Å². The Kier molecular flexibility index (Phi) is 7.07. The molecule has 166 valence electrons. The lowest BCUT2D eigenvalue weighted by Crippen LogP contribution is -2.36. The lowest BCUT2D eigenvalue weighted by Gasteiger charge is -2.28. The van der Waals surface area contributed by atoms with E-state index in [0.29, 0.717) is 13.2 Å². The van der Waals surface area contributed by atoms with Gasteiger partial charge in [-0.25, -0.2) is 4.79 Å². The Balaban J connectivity index is 1.75. The van der Waals surface area contributed by atoms with Crippen molar-refractivity contribution in [3.05, 3.63) is 96.1 Å². The van der Waals surface area contributed by atoms with Gasteiger partial charge in [-0.3, -0.25) is 9.80 Å². The van der Waals surface area contributed by atoms with Crippen LogP contribution in [0.5, 0.6) is 5.75 Å². The number of carbonyl (C=O) groups is 1. The second-order valence-corrected chi connectivity index (χ2v) is 7.93. The van der Waals surface area contributed by atoms with Crippen molar-refractivity contribution in [3.63, 3.8) is 0 Å². The molecular weight excluding hydrogens is 400 g/mol. The number of anilines is 1. The lowest BCUT2D eigenvalue weighted by atomic mass is 10.0. The van der Waals surface area contributed by atoms with Crippen LogP contribution in [0.25, 0.3) is 0 Å². The van der Waals surface area contributed by atoms with E-state index in [4.69, 9.17) is 9.47 Å². The minimum Gasteiger partial charge on any atom is -0.497 e. The molecule has 0 spiro atoms. The number of amides is 2. The van der Waals surface area contributed by atoms with Crippen LogP contribution in [0.1, 0.15) is 36.9 Å². The first kappa shape index (κ1) is 21.9. The molecule has 1 aliphatic rings. The molecule has 0 radical (unpaired) electrons. The quantitative estimate of drug-likeness (QED) is 0.390. The average molecular weight is 431 g/mol. The number of hydrogen-bond acceptors (Lipinski definition) is 3. The molecule has 0 saturated carbocycles. The van der Waals surface area contributed by atoms with E-state index in [9.17, 15) is 4.79 Å². The molecule has 0 N–H and O–H groups in total. The molecule has 0 bridgehead atoms. The summed E-state index contributed by atoms with van der Waals surface area (Å²) >= 11 is 0. The summed E-state index contributed by atoms with van der Waals surface area (Å²) < 4.78 is 11.7. The molecular formula is C27H30N2O3. The zero-order valence-corrected chi connectivity index (χ0v) is 18.7. The van der Waals surface area contributed by atoms with Crippen molar-refractivity contribution in [2.24, 2.45) is 0 Å². The molecule has 2 atom stereocenters. The van der Waals surface area contributed by atoms with Crippen LogP contribution in [0.3, 0.4) is 0 Å². The first-order valence-corrected chi connectivity index (χ1v) is 11.2. The zero-order valence-electron chi connectivity index (χ0n) is 18.7. The highest BCUT2D eigenvalue weighted by Gasteiger charge is 2.48. The molecule has 0 aliphatic carbocycles. The maximum Gasteiger partial charge on any atom is 0.327 e. The number of carbonyl (C=O) groups excluding carboxylic acids is 1. The molecule has 1 fully saturated rings. The van der Waals surface area contributed by atoms with Crippen molar-refractivity contribution in [1.29, 1.82) is 0 Å². The largest absolute Gasteiger partial charge is 0.497 e. The zero-order chi connectivity index (χ0) is 22.3. The molecule has 5 nitrogen and oxygen atoms in total. The molecule has 3 aromatic rings. The number of rotatable bonds is 9. The normalized spacial score (nSPS) is 18.2. The molecule has 0 aromatic heterocycles. The topological polar surface area (TPSA) is 42.0 Å². The summed E-state index contributed by atoms with van der Waals surface area (Å²) in [6.07, 6.45) is 1.60. The fourth-order valence-corrected chi connectivity index (χ4v) is 4.11. The first-order valence-electron chi connectivity index (χ1n) is 11.2. The molecule has 32 heavy (non-hydrogen) atoms. The Labute approximate surface area is 190 Å². The van der Waals surface area contributed by atoms with Crippen molar-refractivity contribution in [2.75, 3.05) is 18.6 Å². The highest BCUT2D eigenvalue weighted by Crippen LogP contribution is 2.41. The van der Waals surface area contributed by atoms with E-state index in [1.807, 2.05) is 82.6 Å². The maximum atomic E-state index is 13.8. The number of hydrogen-bond donors (Lipinski definition) is 0. The van der Waals surface area contributed by atoms with E-state index < -0.39 is 6.23 Å². The first-order chi connectivity index (χ1) is 15.7. The monoisotopic (exact) mass is 430 g/mol. The van der Waals surface area contributed by atoms with Crippen molar-refractivity contribution in [3.8, 4) is 5.75 Å². The summed E-state index contributed by atoms with van der Waals surface area (Å²) in [5.41, 5.74) is 2.95. The van der Waals surface area contributed by atoms with Crippen LogP contribution in [0.15, 0.2) is 84.9 Å². The number of nitrogens with zero attached hydrogens (tertiary/aromatic N) is 2. The van der Waals surface area contributed by atoms with Gasteiger partial charge in [0, 0.05) is 12.3 Å². The molecule has 3 aromatic carbocycles. The molecule has 1 aliphatic heterocycles. The van der Waals surface area contributed by atoms with Gasteiger partial charge in [-0.2, -0.15) is 0 Å². The molecule has 4 rings (SSSR count). The van der Waals surface area contributed by atoms with Crippen LogP contribution in [-0.4, -0.2) is 30.9 Å². The van der Waals surface area contributed by atoms with Gasteiger partial charge in [-0.15, -0.1) is 0 Å². The van der Waals surface area contributed by atoms with Crippen LogP contribution in [0.2, 0.25) is 0 Å². The van der Waals surface area contributed by atoms with Gasteiger partial charge in [0.1, 0.15) is 11.8 Å². The third-order valence-electron chi connectivity index (χ3n) is 5.78. The third-order valence-corrected chi connectivity index (χ3v) is 5.78.